The molecule has 0 aliphatic rings. The largest absolute Gasteiger partial charge is 0.471 e. The van der Waals surface area contributed by atoms with Crippen LogP contribution in [-0.4, -0.2) is 12.3 Å². The fraction of sp³-hybridized carbons (Fsp3) is 0.400. The molecule has 0 aromatic heterocycles. The van der Waals surface area contributed by atoms with E-state index in [2.05, 4.69) is 4.74 Å². The maximum Gasteiger partial charge on any atom is 0.471 e. The summed E-state index contributed by atoms with van der Waals surface area (Å²) in [5.41, 5.74) is 0. The fourth-order valence-corrected chi connectivity index (χ4v) is 0.251. The molecule has 8 heteroatoms. The van der Waals surface area contributed by atoms with Crippen LogP contribution in [0.2, 0.25) is 0 Å². The highest BCUT2D eigenvalue weighted by molar-refractivity contribution is 4.95. The van der Waals surface area contributed by atoms with Crippen molar-refractivity contribution >= 4 is 0 Å². The van der Waals surface area contributed by atoms with Gasteiger partial charge in [-0.2, -0.15) is 30.7 Å². The third-order valence-corrected chi connectivity index (χ3v) is 0.788. The molecule has 0 saturated carbocycles. The summed E-state index contributed by atoms with van der Waals surface area (Å²) in [7, 11) is 0. The average molecular weight is 211 g/mol. The van der Waals surface area contributed by atoms with Gasteiger partial charge >= 0.3 is 18.7 Å². The standard InChI is InChI=1S/C5H2F7O/c1-2(4(8,9)10)13-5(11,12)3(6)7/h1H2. The Balaban J connectivity index is 4.38. The first-order chi connectivity index (χ1) is 5.57. The molecule has 0 aromatic rings. The van der Waals surface area contributed by atoms with Crippen LogP contribution >= 0.6 is 0 Å². The average Bonchev–Trinajstić information content (AvgIpc) is 1.83. The second kappa shape index (κ2) is 3.43. The summed E-state index contributed by atoms with van der Waals surface area (Å²) in [6.45, 7) is 2.02. The van der Waals surface area contributed by atoms with Crippen molar-refractivity contribution in [3.05, 3.63) is 18.8 Å². The number of allylic oxidation sites excluding steroid dienone is 1. The first kappa shape index (κ1) is 12.0. The molecule has 77 valence electrons. The predicted molar refractivity (Wildman–Crippen MR) is 26.7 cm³/mol. The Hall–Kier alpha value is -0.950. The van der Waals surface area contributed by atoms with Gasteiger partial charge in [-0.15, -0.1) is 0 Å². The fourth-order valence-electron chi connectivity index (χ4n) is 0.251. The van der Waals surface area contributed by atoms with Crippen LogP contribution in [0, 0.1) is 6.43 Å². The zero-order valence-electron chi connectivity index (χ0n) is 5.76. The van der Waals surface area contributed by atoms with Crippen LogP contribution in [0.5, 0.6) is 0 Å². The first-order valence-electron chi connectivity index (χ1n) is 2.58. The molecule has 0 spiro atoms. The van der Waals surface area contributed by atoms with Gasteiger partial charge in [-0.3, -0.25) is 0 Å². The Morgan fingerprint density at radius 1 is 1.00 bits per heavy atom. The number of ether oxygens (including phenoxy) is 1. The van der Waals surface area contributed by atoms with Crippen molar-refractivity contribution in [3.63, 3.8) is 0 Å². The number of hydrogen-bond acceptors (Lipinski definition) is 1. The van der Waals surface area contributed by atoms with E-state index in [1.807, 2.05) is 6.58 Å². The lowest BCUT2D eigenvalue weighted by molar-refractivity contribution is -0.268. The molecule has 0 aromatic carbocycles. The molecule has 1 nitrogen and oxygen atoms in total. The summed E-state index contributed by atoms with van der Waals surface area (Å²) in [6, 6.07) is 0. The summed E-state index contributed by atoms with van der Waals surface area (Å²) in [5.74, 6) is -2.38. The van der Waals surface area contributed by atoms with Gasteiger partial charge in [0.2, 0.25) is 0 Å². The van der Waals surface area contributed by atoms with Crippen molar-refractivity contribution < 1.29 is 35.5 Å². The van der Waals surface area contributed by atoms with Gasteiger partial charge in [0.25, 0.3) is 0 Å². The molecule has 0 atom stereocenters. The first-order valence-corrected chi connectivity index (χ1v) is 2.58. The smallest absolute Gasteiger partial charge is 0.423 e. The maximum absolute atomic E-state index is 11.8. The van der Waals surface area contributed by atoms with Crippen LogP contribution in [0.3, 0.4) is 0 Å². The lowest BCUT2D eigenvalue weighted by Crippen LogP contribution is -2.28. The molecule has 0 heterocycles. The van der Waals surface area contributed by atoms with E-state index >= 15 is 0 Å². The van der Waals surface area contributed by atoms with Gasteiger partial charge in [0.05, 0.1) is 0 Å². The van der Waals surface area contributed by atoms with Crippen molar-refractivity contribution in [2.75, 3.05) is 0 Å². The van der Waals surface area contributed by atoms with E-state index in [1.165, 1.54) is 0 Å². The van der Waals surface area contributed by atoms with Crippen molar-refractivity contribution in [2.24, 2.45) is 0 Å². The van der Waals surface area contributed by atoms with Crippen molar-refractivity contribution in [1.82, 2.24) is 0 Å². The Morgan fingerprint density at radius 3 is 1.62 bits per heavy atom. The maximum atomic E-state index is 11.8. The summed E-state index contributed by atoms with van der Waals surface area (Å²) >= 11 is 0. The van der Waals surface area contributed by atoms with E-state index in [4.69, 9.17) is 0 Å². The van der Waals surface area contributed by atoms with Crippen LogP contribution in [0.25, 0.3) is 0 Å². The zero-order chi connectivity index (χ0) is 10.9. The molecule has 13 heavy (non-hydrogen) atoms. The molecule has 0 N–H and O–H groups in total. The molecular formula is C5H2F7O. The van der Waals surface area contributed by atoms with E-state index in [0.29, 0.717) is 0 Å². The van der Waals surface area contributed by atoms with E-state index in [-0.39, 0.29) is 0 Å². The quantitative estimate of drug-likeness (QED) is 0.514. The minimum Gasteiger partial charge on any atom is -0.423 e. The summed E-state index contributed by atoms with van der Waals surface area (Å²) in [4.78, 5) is 0. The lowest BCUT2D eigenvalue weighted by Gasteiger charge is -2.18. The minimum atomic E-state index is -5.29. The Bertz CT molecular complexity index is 194. The SMILES string of the molecule is C=C(OC(F)(F)[C](F)F)C(F)(F)F. The van der Waals surface area contributed by atoms with Gasteiger partial charge in [-0.25, -0.2) is 0 Å². The van der Waals surface area contributed by atoms with Gasteiger partial charge in [0.15, 0.2) is 5.76 Å². The van der Waals surface area contributed by atoms with Crippen LogP contribution in [0.15, 0.2) is 12.3 Å². The van der Waals surface area contributed by atoms with E-state index in [9.17, 15) is 30.7 Å². The van der Waals surface area contributed by atoms with Crippen LogP contribution in [-0.2, 0) is 4.74 Å². The molecule has 0 aliphatic heterocycles. The van der Waals surface area contributed by atoms with E-state index < -0.39 is 24.5 Å². The van der Waals surface area contributed by atoms with Gasteiger partial charge in [0.1, 0.15) is 0 Å². The van der Waals surface area contributed by atoms with Crippen LogP contribution < -0.4 is 0 Å². The molecule has 0 rings (SSSR count). The molecule has 0 amide bonds. The Morgan fingerprint density at radius 2 is 1.38 bits per heavy atom. The Labute approximate surface area is 67.8 Å². The molecule has 0 aliphatic carbocycles. The van der Waals surface area contributed by atoms with Crippen LogP contribution in [0.1, 0.15) is 0 Å². The molecular weight excluding hydrogens is 209 g/mol. The highest BCUT2D eigenvalue weighted by atomic mass is 19.4. The summed E-state index contributed by atoms with van der Waals surface area (Å²) < 4.78 is 82.8. The number of halogens is 7. The predicted octanol–water partition coefficient (Wildman–Crippen LogP) is 3.10. The van der Waals surface area contributed by atoms with Crippen LogP contribution in [0.4, 0.5) is 30.7 Å². The van der Waals surface area contributed by atoms with Crippen molar-refractivity contribution in [2.45, 2.75) is 12.3 Å². The highest BCUT2D eigenvalue weighted by Gasteiger charge is 2.50. The number of rotatable bonds is 3. The van der Waals surface area contributed by atoms with Gasteiger partial charge < -0.3 is 4.74 Å². The topological polar surface area (TPSA) is 9.23 Å². The number of hydrogen-bond donors (Lipinski definition) is 0. The normalized spacial score (nSPS) is 13.2. The third kappa shape index (κ3) is 3.51. The molecule has 0 unspecified atom stereocenters. The summed E-state index contributed by atoms with van der Waals surface area (Å²) in [6.07, 6.45) is -14.1. The number of alkyl halides is 5. The molecule has 0 saturated heterocycles. The highest BCUT2D eigenvalue weighted by Crippen LogP contribution is 2.36. The van der Waals surface area contributed by atoms with Crippen molar-refractivity contribution in [3.8, 4) is 0 Å². The zero-order valence-corrected chi connectivity index (χ0v) is 5.76. The van der Waals surface area contributed by atoms with Gasteiger partial charge in [0, 0.05) is 0 Å². The summed E-state index contributed by atoms with van der Waals surface area (Å²) in [5, 5.41) is 0. The minimum absolute atomic E-state index is 2.02. The van der Waals surface area contributed by atoms with Gasteiger partial charge in [-0.05, 0) is 0 Å². The molecule has 0 bridgehead atoms. The van der Waals surface area contributed by atoms with Gasteiger partial charge in [-0.1, -0.05) is 6.58 Å². The monoisotopic (exact) mass is 211 g/mol. The second-order valence-corrected chi connectivity index (χ2v) is 1.80. The van der Waals surface area contributed by atoms with Crippen molar-refractivity contribution in [1.29, 1.82) is 0 Å². The second-order valence-electron chi connectivity index (χ2n) is 1.80. The van der Waals surface area contributed by atoms with E-state index in [0.717, 1.165) is 0 Å². The molecule has 1 radical (unpaired) electrons. The Kier molecular flexibility index (Phi) is 3.18. The van der Waals surface area contributed by atoms with E-state index in [1.54, 1.807) is 0 Å². The third-order valence-electron chi connectivity index (χ3n) is 0.788. The molecule has 0 fully saturated rings. The lowest BCUT2D eigenvalue weighted by atomic mass is 10.5.